The third-order valence-electron chi connectivity index (χ3n) is 5.51. The van der Waals surface area contributed by atoms with Crippen molar-refractivity contribution >= 4 is 5.91 Å². The van der Waals surface area contributed by atoms with E-state index in [1.807, 2.05) is 24.3 Å². The lowest BCUT2D eigenvalue weighted by Crippen LogP contribution is -2.48. The van der Waals surface area contributed by atoms with Crippen molar-refractivity contribution in [2.24, 2.45) is 13.0 Å². The van der Waals surface area contributed by atoms with E-state index in [1.54, 1.807) is 16.8 Å². The largest absolute Gasteiger partial charge is 0.573 e. The third kappa shape index (κ3) is 4.90. The maximum absolute atomic E-state index is 12.7. The molecular formula is C20H23F3N4O2. The molecule has 2 aromatic rings. The second kappa shape index (κ2) is 7.70. The number of halogens is 3. The fraction of sp³-hybridized carbons (Fsp3) is 0.500. The molecule has 1 saturated carbocycles. The van der Waals surface area contributed by atoms with Gasteiger partial charge in [-0.05, 0) is 35.6 Å². The summed E-state index contributed by atoms with van der Waals surface area (Å²) in [5.74, 6) is 0.343. The monoisotopic (exact) mass is 408 g/mol. The van der Waals surface area contributed by atoms with E-state index in [9.17, 15) is 18.0 Å². The van der Waals surface area contributed by atoms with Crippen LogP contribution < -0.4 is 4.74 Å². The van der Waals surface area contributed by atoms with E-state index >= 15 is 0 Å². The first-order chi connectivity index (χ1) is 13.8. The van der Waals surface area contributed by atoms with Crippen LogP contribution in [0.4, 0.5) is 13.2 Å². The molecule has 0 N–H and O–H groups in total. The Morgan fingerprint density at radius 1 is 1.17 bits per heavy atom. The maximum Gasteiger partial charge on any atom is 0.573 e. The molecule has 4 rings (SSSR count). The molecule has 1 aliphatic heterocycles. The average Bonchev–Trinajstić information content (AvgIpc) is 3.36. The van der Waals surface area contributed by atoms with Crippen molar-refractivity contribution in [2.75, 3.05) is 26.2 Å². The minimum Gasteiger partial charge on any atom is -0.406 e. The zero-order valence-electron chi connectivity index (χ0n) is 16.1. The maximum atomic E-state index is 12.7. The summed E-state index contributed by atoms with van der Waals surface area (Å²) in [6, 6.07) is 5.94. The fourth-order valence-electron chi connectivity index (χ4n) is 3.88. The highest BCUT2D eigenvalue weighted by Crippen LogP contribution is 2.48. The molecule has 1 aliphatic carbocycles. The topological polar surface area (TPSA) is 50.6 Å². The number of aromatic nitrogens is 2. The minimum atomic E-state index is -4.68. The van der Waals surface area contributed by atoms with E-state index in [4.69, 9.17) is 0 Å². The summed E-state index contributed by atoms with van der Waals surface area (Å²) in [5.41, 5.74) is 2.04. The zero-order chi connectivity index (χ0) is 20.6. The van der Waals surface area contributed by atoms with E-state index in [0.29, 0.717) is 19.6 Å². The number of rotatable bonds is 5. The zero-order valence-corrected chi connectivity index (χ0v) is 16.1. The Hall–Kier alpha value is -2.55. The number of carbonyl (C=O) groups is 1. The first-order valence-electron chi connectivity index (χ1n) is 9.63. The lowest BCUT2D eigenvalue weighted by atomic mass is 10.1. The number of ether oxygens (including phenoxy) is 1. The van der Waals surface area contributed by atoms with E-state index in [-0.39, 0.29) is 23.5 Å². The van der Waals surface area contributed by atoms with Gasteiger partial charge >= 0.3 is 6.36 Å². The summed E-state index contributed by atoms with van der Waals surface area (Å²) in [5, 5.41) is 4.18. The van der Waals surface area contributed by atoms with Crippen molar-refractivity contribution in [3.63, 3.8) is 0 Å². The van der Waals surface area contributed by atoms with Gasteiger partial charge < -0.3 is 9.64 Å². The van der Waals surface area contributed by atoms with Crippen molar-refractivity contribution in [1.82, 2.24) is 19.6 Å². The number of amides is 1. The molecule has 2 aliphatic rings. The highest BCUT2D eigenvalue weighted by Gasteiger charge is 2.46. The summed E-state index contributed by atoms with van der Waals surface area (Å²) < 4.78 is 42.4. The van der Waals surface area contributed by atoms with Crippen molar-refractivity contribution in [1.29, 1.82) is 0 Å². The first-order valence-corrected chi connectivity index (χ1v) is 9.63. The van der Waals surface area contributed by atoms with Gasteiger partial charge in [-0.3, -0.25) is 14.4 Å². The van der Waals surface area contributed by atoms with Crippen LogP contribution in [0.2, 0.25) is 0 Å². The van der Waals surface area contributed by atoms with Crippen molar-refractivity contribution < 1.29 is 22.7 Å². The SMILES string of the molecule is Cn1cc(C2CC2C(=O)N2CCN(Cc3ccc(OC(F)(F)F)cc3)CC2)cn1. The molecule has 1 saturated heterocycles. The Labute approximate surface area is 166 Å². The predicted molar refractivity (Wildman–Crippen MR) is 99.0 cm³/mol. The normalized spacial score (nSPS) is 22.6. The van der Waals surface area contributed by atoms with Gasteiger partial charge in [0.05, 0.1) is 6.20 Å². The summed E-state index contributed by atoms with van der Waals surface area (Å²) in [6.45, 7) is 3.47. The van der Waals surface area contributed by atoms with Gasteiger partial charge in [-0.15, -0.1) is 13.2 Å². The third-order valence-corrected chi connectivity index (χ3v) is 5.51. The Morgan fingerprint density at radius 2 is 1.86 bits per heavy atom. The standard InChI is InChI=1S/C20H23F3N4O2/c1-25-13-15(11-24-25)17-10-18(17)19(28)27-8-6-26(7-9-27)12-14-2-4-16(5-3-14)29-20(21,22)23/h2-5,11,13,17-18H,6-10,12H2,1H3. The molecule has 0 radical (unpaired) electrons. The second-order valence-corrected chi connectivity index (χ2v) is 7.69. The van der Waals surface area contributed by atoms with Gasteiger partial charge in [0, 0.05) is 51.9 Å². The number of nitrogens with zero attached hydrogens (tertiary/aromatic N) is 4. The quantitative estimate of drug-likeness (QED) is 0.764. The Balaban J connectivity index is 1.24. The van der Waals surface area contributed by atoms with Crippen LogP contribution in [-0.2, 0) is 18.4 Å². The van der Waals surface area contributed by atoms with Gasteiger partial charge in [0.25, 0.3) is 0 Å². The number of hydrogen-bond donors (Lipinski definition) is 0. The lowest BCUT2D eigenvalue weighted by molar-refractivity contribution is -0.274. The van der Waals surface area contributed by atoms with E-state index in [2.05, 4.69) is 14.7 Å². The molecule has 1 amide bonds. The Bertz CT molecular complexity index is 857. The van der Waals surface area contributed by atoms with Crippen LogP contribution in [0.1, 0.15) is 23.5 Å². The van der Waals surface area contributed by atoms with Crippen molar-refractivity contribution in [3.8, 4) is 5.75 Å². The minimum absolute atomic E-state index is 0.0620. The highest BCUT2D eigenvalue weighted by molar-refractivity contribution is 5.83. The van der Waals surface area contributed by atoms with Crippen molar-refractivity contribution in [3.05, 3.63) is 47.8 Å². The van der Waals surface area contributed by atoms with Gasteiger partial charge in [-0.2, -0.15) is 5.10 Å². The highest BCUT2D eigenvalue weighted by atomic mass is 19.4. The van der Waals surface area contributed by atoms with Gasteiger partial charge in [-0.25, -0.2) is 0 Å². The molecule has 1 aromatic carbocycles. The predicted octanol–water partition coefficient (Wildman–Crippen LogP) is 2.77. The average molecular weight is 408 g/mol. The number of aryl methyl sites for hydroxylation is 1. The van der Waals surface area contributed by atoms with Gasteiger partial charge in [0.1, 0.15) is 5.75 Å². The molecule has 29 heavy (non-hydrogen) atoms. The Kier molecular flexibility index (Phi) is 5.24. The van der Waals surface area contributed by atoms with Crippen LogP contribution in [0.5, 0.6) is 5.75 Å². The molecule has 2 unspecified atom stereocenters. The summed E-state index contributed by atoms with van der Waals surface area (Å²) >= 11 is 0. The number of alkyl halides is 3. The molecule has 1 aromatic heterocycles. The first kappa shape index (κ1) is 19.8. The molecule has 0 spiro atoms. The molecule has 0 bridgehead atoms. The van der Waals surface area contributed by atoms with Gasteiger partial charge in [0.15, 0.2) is 0 Å². The molecule has 6 nitrogen and oxygen atoms in total. The van der Waals surface area contributed by atoms with Crippen LogP contribution in [0.3, 0.4) is 0 Å². The number of benzene rings is 1. The van der Waals surface area contributed by atoms with Crippen LogP contribution in [-0.4, -0.2) is 58.0 Å². The van der Waals surface area contributed by atoms with Gasteiger partial charge in [-0.1, -0.05) is 12.1 Å². The smallest absolute Gasteiger partial charge is 0.406 e. The number of carbonyl (C=O) groups excluding carboxylic acids is 1. The molecule has 2 fully saturated rings. The van der Waals surface area contributed by atoms with Crippen LogP contribution in [0.15, 0.2) is 36.7 Å². The molecule has 2 atom stereocenters. The van der Waals surface area contributed by atoms with Crippen LogP contribution >= 0.6 is 0 Å². The number of hydrogen-bond acceptors (Lipinski definition) is 4. The second-order valence-electron chi connectivity index (χ2n) is 7.69. The molecule has 2 heterocycles. The van der Waals surface area contributed by atoms with Gasteiger partial charge in [0.2, 0.25) is 5.91 Å². The molecule has 156 valence electrons. The van der Waals surface area contributed by atoms with Crippen LogP contribution in [0, 0.1) is 5.92 Å². The lowest BCUT2D eigenvalue weighted by Gasteiger charge is -2.35. The van der Waals surface area contributed by atoms with E-state index < -0.39 is 6.36 Å². The molecular weight excluding hydrogens is 385 g/mol. The number of piperazine rings is 1. The fourth-order valence-corrected chi connectivity index (χ4v) is 3.88. The summed E-state index contributed by atoms with van der Waals surface area (Å²) in [4.78, 5) is 16.9. The summed E-state index contributed by atoms with van der Waals surface area (Å²) in [6.07, 6.45) is 0.0148. The molecule has 9 heteroatoms. The van der Waals surface area contributed by atoms with E-state index in [0.717, 1.165) is 30.6 Å². The van der Waals surface area contributed by atoms with E-state index in [1.165, 1.54) is 12.1 Å². The summed E-state index contributed by atoms with van der Waals surface area (Å²) in [7, 11) is 1.87. The Morgan fingerprint density at radius 3 is 2.45 bits per heavy atom. The van der Waals surface area contributed by atoms with Crippen LogP contribution in [0.25, 0.3) is 0 Å². The van der Waals surface area contributed by atoms with Crippen molar-refractivity contribution in [2.45, 2.75) is 25.2 Å².